The van der Waals surface area contributed by atoms with Crippen molar-refractivity contribution in [2.24, 2.45) is 23.5 Å². The topological polar surface area (TPSA) is 81.4 Å². The Balaban J connectivity index is 2.08. The maximum atomic E-state index is 12.6. The first-order chi connectivity index (χ1) is 10.0. The van der Waals surface area contributed by atoms with Gasteiger partial charge in [0.1, 0.15) is 5.54 Å². The number of nitrogens with two attached hydrogens (primary N) is 1. The summed E-state index contributed by atoms with van der Waals surface area (Å²) in [4.78, 5) is 24.9. The highest BCUT2D eigenvalue weighted by molar-refractivity contribution is 5.89. The molecule has 0 bridgehead atoms. The van der Waals surface area contributed by atoms with Crippen LogP contribution in [0.1, 0.15) is 51.9 Å². The van der Waals surface area contributed by atoms with E-state index in [1.807, 2.05) is 0 Å². The lowest BCUT2D eigenvalue weighted by Crippen LogP contribution is -2.58. The fourth-order valence-electron chi connectivity index (χ4n) is 3.82. The number of rotatable bonds is 4. The number of esters is 1. The largest absolute Gasteiger partial charge is 0.467 e. The van der Waals surface area contributed by atoms with Crippen LogP contribution >= 0.6 is 0 Å². The second-order valence-corrected chi connectivity index (χ2v) is 6.78. The summed E-state index contributed by atoms with van der Waals surface area (Å²) in [5, 5.41) is 3.04. The van der Waals surface area contributed by atoms with E-state index < -0.39 is 5.54 Å². The Morgan fingerprint density at radius 2 is 1.90 bits per heavy atom. The normalized spacial score (nSPS) is 36.2. The molecule has 1 amide bonds. The summed E-state index contributed by atoms with van der Waals surface area (Å²) in [6.45, 7) is 2.73. The van der Waals surface area contributed by atoms with Gasteiger partial charge in [-0.15, -0.1) is 0 Å². The van der Waals surface area contributed by atoms with Crippen molar-refractivity contribution in [1.29, 1.82) is 0 Å². The number of hydrogen-bond donors (Lipinski definition) is 2. The predicted molar refractivity (Wildman–Crippen MR) is 80.4 cm³/mol. The molecule has 2 saturated carbocycles. The highest BCUT2D eigenvalue weighted by Crippen LogP contribution is 2.35. The van der Waals surface area contributed by atoms with Gasteiger partial charge >= 0.3 is 5.97 Å². The molecule has 0 saturated heterocycles. The SMILES string of the molecule is COC(=O)C1(NC(=O)[C@@H]2CCC[C@@H]2CN)CCC(C)CC1. The Labute approximate surface area is 127 Å². The summed E-state index contributed by atoms with van der Waals surface area (Å²) in [5.41, 5.74) is 4.94. The molecule has 2 aliphatic rings. The van der Waals surface area contributed by atoms with Gasteiger partial charge in [-0.05, 0) is 56.9 Å². The molecule has 0 radical (unpaired) electrons. The Kier molecular flexibility index (Phi) is 5.25. The van der Waals surface area contributed by atoms with E-state index in [1.165, 1.54) is 7.11 Å². The maximum absolute atomic E-state index is 12.6. The Bertz CT molecular complexity index is 389. The lowest BCUT2D eigenvalue weighted by Gasteiger charge is -2.38. The molecule has 120 valence electrons. The second kappa shape index (κ2) is 6.77. The molecule has 3 N–H and O–H groups in total. The Morgan fingerprint density at radius 3 is 2.48 bits per heavy atom. The van der Waals surface area contributed by atoms with E-state index in [9.17, 15) is 9.59 Å². The third-order valence-corrected chi connectivity index (χ3v) is 5.37. The van der Waals surface area contributed by atoms with Crippen molar-refractivity contribution in [3.8, 4) is 0 Å². The molecular formula is C16H28N2O3. The van der Waals surface area contributed by atoms with Crippen molar-refractivity contribution in [2.75, 3.05) is 13.7 Å². The van der Waals surface area contributed by atoms with Gasteiger partial charge in [-0.2, -0.15) is 0 Å². The van der Waals surface area contributed by atoms with E-state index in [4.69, 9.17) is 10.5 Å². The Morgan fingerprint density at radius 1 is 1.24 bits per heavy atom. The van der Waals surface area contributed by atoms with Crippen LogP contribution in [0.3, 0.4) is 0 Å². The second-order valence-electron chi connectivity index (χ2n) is 6.78. The molecule has 0 aliphatic heterocycles. The zero-order chi connectivity index (χ0) is 15.5. The number of hydrogen-bond acceptors (Lipinski definition) is 4. The van der Waals surface area contributed by atoms with Gasteiger partial charge in [0, 0.05) is 5.92 Å². The highest BCUT2D eigenvalue weighted by Gasteiger charge is 2.45. The van der Waals surface area contributed by atoms with Crippen LogP contribution in [0.15, 0.2) is 0 Å². The van der Waals surface area contributed by atoms with Crippen LogP contribution in [0.2, 0.25) is 0 Å². The molecule has 0 aromatic carbocycles. The van der Waals surface area contributed by atoms with Gasteiger partial charge in [0.15, 0.2) is 0 Å². The van der Waals surface area contributed by atoms with Crippen molar-refractivity contribution in [2.45, 2.75) is 57.4 Å². The van der Waals surface area contributed by atoms with E-state index in [0.29, 0.717) is 25.3 Å². The summed E-state index contributed by atoms with van der Waals surface area (Å²) in [6, 6.07) is 0. The van der Waals surface area contributed by atoms with E-state index in [1.54, 1.807) is 0 Å². The molecule has 0 aromatic rings. The van der Waals surface area contributed by atoms with Crippen molar-refractivity contribution in [3.05, 3.63) is 0 Å². The van der Waals surface area contributed by atoms with E-state index >= 15 is 0 Å². The van der Waals surface area contributed by atoms with Crippen LogP contribution in [0, 0.1) is 17.8 Å². The molecular weight excluding hydrogens is 268 g/mol. The van der Waals surface area contributed by atoms with Gasteiger partial charge in [0.05, 0.1) is 7.11 Å². The van der Waals surface area contributed by atoms with Crippen molar-refractivity contribution < 1.29 is 14.3 Å². The minimum atomic E-state index is -0.819. The Hall–Kier alpha value is -1.10. The monoisotopic (exact) mass is 296 g/mol. The molecule has 0 heterocycles. The molecule has 0 unspecified atom stereocenters. The first kappa shape index (κ1) is 16.3. The number of amides is 1. The van der Waals surface area contributed by atoms with E-state index in [0.717, 1.165) is 32.1 Å². The van der Waals surface area contributed by atoms with Gasteiger partial charge in [0.25, 0.3) is 0 Å². The summed E-state index contributed by atoms with van der Waals surface area (Å²) < 4.78 is 4.97. The first-order valence-corrected chi connectivity index (χ1v) is 8.13. The van der Waals surface area contributed by atoms with Crippen LogP contribution in [0.4, 0.5) is 0 Å². The fraction of sp³-hybridized carbons (Fsp3) is 0.875. The molecule has 2 fully saturated rings. The van der Waals surface area contributed by atoms with Gasteiger partial charge in [0.2, 0.25) is 5.91 Å². The van der Waals surface area contributed by atoms with Gasteiger partial charge in [-0.1, -0.05) is 13.3 Å². The molecule has 0 spiro atoms. The summed E-state index contributed by atoms with van der Waals surface area (Å²) in [7, 11) is 1.40. The van der Waals surface area contributed by atoms with E-state index in [-0.39, 0.29) is 23.7 Å². The molecule has 0 aromatic heterocycles. The van der Waals surface area contributed by atoms with E-state index in [2.05, 4.69) is 12.2 Å². The van der Waals surface area contributed by atoms with Crippen LogP contribution in [0.25, 0.3) is 0 Å². The third kappa shape index (κ3) is 3.39. The summed E-state index contributed by atoms with van der Waals surface area (Å²) >= 11 is 0. The molecule has 5 nitrogen and oxygen atoms in total. The van der Waals surface area contributed by atoms with Crippen LogP contribution < -0.4 is 11.1 Å². The number of carbonyl (C=O) groups excluding carboxylic acids is 2. The minimum absolute atomic E-state index is 0.0112. The molecule has 2 aliphatic carbocycles. The smallest absolute Gasteiger partial charge is 0.331 e. The molecule has 2 atom stereocenters. The molecule has 2 rings (SSSR count). The summed E-state index contributed by atoms with van der Waals surface area (Å²) in [6.07, 6.45) is 6.17. The zero-order valence-electron chi connectivity index (χ0n) is 13.2. The third-order valence-electron chi connectivity index (χ3n) is 5.37. The fourth-order valence-corrected chi connectivity index (χ4v) is 3.82. The average Bonchev–Trinajstić information content (AvgIpc) is 2.97. The van der Waals surface area contributed by atoms with Gasteiger partial charge in [-0.25, -0.2) is 4.79 Å². The number of methoxy groups -OCH3 is 1. The van der Waals surface area contributed by atoms with Crippen molar-refractivity contribution in [1.82, 2.24) is 5.32 Å². The average molecular weight is 296 g/mol. The summed E-state index contributed by atoms with van der Waals surface area (Å²) in [5.74, 6) is 0.494. The van der Waals surface area contributed by atoms with Crippen molar-refractivity contribution in [3.63, 3.8) is 0 Å². The number of ether oxygens (including phenoxy) is 1. The minimum Gasteiger partial charge on any atom is -0.467 e. The first-order valence-electron chi connectivity index (χ1n) is 8.13. The maximum Gasteiger partial charge on any atom is 0.331 e. The number of carbonyl (C=O) groups is 2. The lowest BCUT2D eigenvalue weighted by atomic mass is 9.76. The number of nitrogens with one attached hydrogen (secondary N) is 1. The lowest BCUT2D eigenvalue weighted by molar-refractivity contribution is -0.153. The van der Waals surface area contributed by atoms with Crippen LogP contribution in [-0.4, -0.2) is 31.1 Å². The standard InChI is InChI=1S/C16H28N2O3/c1-11-6-8-16(9-7-11,15(20)21-2)18-14(19)13-5-3-4-12(13)10-17/h11-13H,3-10,17H2,1-2H3,(H,18,19)/t11?,12-,13-,16?/m1/s1. The molecule has 5 heteroatoms. The van der Waals surface area contributed by atoms with Crippen molar-refractivity contribution >= 4 is 11.9 Å². The predicted octanol–water partition coefficient (Wildman–Crippen LogP) is 1.60. The van der Waals surface area contributed by atoms with Gasteiger partial charge in [-0.3, -0.25) is 4.79 Å². The zero-order valence-corrected chi connectivity index (χ0v) is 13.2. The van der Waals surface area contributed by atoms with Crippen LogP contribution in [-0.2, 0) is 14.3 Å². The highest BCUT2D eigenvalue weighted by atomic mass is 16.5. The van der Waals surface area contributed by atoms with Gasteiger partial charge < -0.3 is 15.8 Å². The molecule has 21 heavy (non-hydrogen) atoms. The van der Waals surface area contributed by atoms with Crippen LogP contribution in [0.5, 0.6) is 0 Å². The quantitative estimate of drug-likeness (QED) is 0.772.